The number of rotatable bonds is 6. The van der Waals surface area contributed by atoms with Crippen LogP contribution in [0.2, 0.25) is 39.3 Å². The van der Waals surface area contributed by atoms with Crippen molar-refractivity contribution in [2.45, 2.75) is 75.4 Å². The van der Waals surface area contributed by atoms with E-state index < -0.39 is 16.1 Å². The molecule has 0 saturated carbocycles. The van der Waals surface area contributed by atoms with E-state index in [2.05, 4.69) is 159 Å². The third kappa shape index (κ3) is 12.3. The van der Waals surface area contributed by atoms with E-state index in [0.29, 0.717) is 0 Å². The number of thiophene rings is 4. The Morgan fingerprint density at radius 1 is 0.439 bits per heavy atom. The van der Waals surface area contributed by atoms with Crippen molar-refractivity contribution in [3.8, 4) is 101 Å². The molecule has 4 heterocycles. The molecule has 340 valence electrons. The first-order valence-electron chi connectivity index (χ1n) is 20.2. The molecule has 0 amide bonds. The Balaban J connectivity index is 0.000000339. The van der Waals surface area contributed by atoms with Crippen LogP contribution < -0.4 is 9.47 Å². The Morgan fingerprint density at radius 2 is 0.727 bits per heavy atom. The average molecular weight is 996 g/mol. The minimum atomic E-state index is -1.46. The molecule has 0 saturated heterocycles. The molecule has 4 aromatic carbocycles. The molecule has 0 spiro atoms. The van der Waals surface area contributed by atoms with Gasteiger partial charge in [-0.15, -0.1) is 69.3 Å². The second kappa shape index (κ2) is 23.1. The van der Waals surface area contributed by atoms with Crippen molar-refractivity contribution < 1.29 is 9.47 Å². The summed E-state index contributed by atoms with van der Waals surface area (Å²) in [5.41, 5.74) is 18.1. The maximum Gasteiger partial charge on any atom is 0.129 e. The van der Waals surface area contributed by atoms with Gasteiger partial charge >= 0.3 is 0 Å². The summed E-state index contributed by atoms with van der Waals surface area (Å²) in [6, 6.07) is 25.9. The lowest BCUT2D eigenvalue weighted by atomic mass is 9.96. The smallest absolute Gasteiger partial charge is 0.129 e. The van der Waals surface area contributed by atoms with E-state index in [0.717, 1.165) is 65.4 Å². The van der Waals surface area contributed by atoms with Gasteiger partial charge in [-0.05, 0) is 140 Å². The van der Waals surface area contributed by atoms with Gasteiger partial charge in [0.2, 0.25) is 0 Å². The molecule has 66 heavy (non-hydrogen) atoms. The Bertz CT molecular complexity index is 3200. The van der Waals surface area contributed by atoms with Crippen molar-refractivity contribution in [2.24, 2.45) is 0 Å². The van der Waals surface area contributed by atoms with Gasteiger partial charge in [0.1, 0.15) is 27.6 Å². The number of hydrogen-bond donors (Lipinski definition) is 0. The largest absolute Gasteiger partial charge is 0.496 e. The first-order valence-corrected chi connectivity index (χ1v) is 30.7. The molecule has 1 unspecified atom stereocenters. The summed E-state index contributed by atoms with van der Waals surface area (Å²) in [5.74, 6) is 14.2. The molecule has 9 heteroatoms. The predicted molar refractivity (Wildman–Crippen MR) is 311 cm³/mol. The summed E-state index contributed by atoms with van der Waals surface area (Å²) in [5, 5.41) is 13.0. The Hall–Kier alpha value is -5.10. The summed E-state index contributed by atoms with van der Waals surface area (Å²) in [7, 11) is 0.548. The third-order valence-corrected chi connectivity index (χ3v) is 15.6. The van der Waals surface area contributed by atoms with Gasteiger partial charge in [-0.25, -0.2) is 0 Å². The van der Waals surface area contributed by atoms with E-state index >= 15 is 0 Å². The Kier molecular flexibility index (Phi) is 19.3. The topological polar surface area (TPSA) is 18.5 Å². The van der Waals surface area contributed by atoms with E-state index in [4.69, 9.17) is 22.3 Å². The van der Waals surface area contributed by atoms with Gasteiger partial charge in [-0.1, -0.05) is 97.4 Å². The normalized spacial score (nSPS) is 10.4. The van der Waals surface area contributed by atoms with Crippen LogP contribution in [0.4, 0.5) is 0 Å². The molecular formula is C57H63O2PS4Si2. The predicted octanol–water partition coefficient (Wildman–Crippen LogP) is 17.6. The molecule has 0 radical (unpaired) electrons. The van der Waals surface area contributed by atoms with E-state index in [-0.39, 0.29) is 32.2 Å². The van der Waals surface area contributed by atoms with Crippen LogP contribution >= 0.6 is 55.2 Å². The lowest BCUT2D eigenvalue weighted by Crippen LogP contribution is -2.16. The van der Waals surface area contributed by atoms with Crippen molar-refractivity contribution in [3.05, 3.63) is 128 Å². The summed E-state index contributed by atoms with van der Waals surface area (Å²) in [6.07, 6.45) is 11.3. The van der Waals surface area contributed by atoms with Gasteiger partial charge in [-0.3, -0.25) is 0 Å². The van der Waals surface area contributed by atoms with Crippen LogP contribution in [0.25, 0.3) is 63.3 Å². The maximum atomic E-state index is 5.89. The molecule has 0 fully saturated rings. The van der Waals surface area contributed by atoms with Crippen LogP contribution in [0.3, 0.4) is 0 Å². The highest BCUT2D eigenvalue weighted by Crippen LogP contribution is 2.43. The maximum absolute atomic E-state index is 5.89. The minimum absolute atomic E-state index is 0. The summed E-state index contributed by atoms with van der Waals surface area (Å²) >= 11 is 6.80. The van der Waals surface area contributed by atoms with Crippen LogP contribution in [-0.4, -0.2) is 30.4 Å². The lowest BCUT2D eigenvalue weighted by molar-refractivity contribution is 0.417. The van der Waals surface area contributed by atoms with Crippen molar-refractivity contribution in [2.75, 3.05) is 14.2 Å². The molecule has 1 atom stereocenters. The SMILES string of the molecule is C.C.C.C#Cc1ccsc1-c1cc2cc(OC)c(-c3sccc3C#C)cc2cc1C.COc1cc2cc(-c3sccc3C#C[Si](C)(C)C)c(C)cc2cc1-c1sccc1C#C[Si](C)(C)C.P. The molecule has 2 nitrogen and oxygen atoms in total. The highest BCUT2D eigenvalue weighted by molar-refractivity contribution is 7.15. The minimum Gasteiger partial charge on any atom is -0.496 e. The average Bonchev–Trinajstić information content (AvgIpc) is 4.08. The van der Waals surface area contributed by atoms with Gasteiger partial charge in [0.05, 0.1) is 33.7 Å². The fourth-order valence-electron chi connectivity index (χ4n) is 7.07. The quantitative estimate of drug-likeness (QED) is 0.0939. The second-order valence-electron chi connectivity index (χ2n) is 17.1. The fraction of sp³-hybridized carbons (Fsp3) is 0.228. The number of methoxy groups -OCH3 is 2. The molecule has 0 N–H and O–H groups in total. The number of hydrogen-bond acceptors (Lipinski definition) is 6. The Morgan fingerprint density at radius 3 is 1.06 bits per heavy atom. The molecule has 4 aromatic heterocycles. The number of ether oxygens (including phenoxy) is 2. The van der Waals surface area contributed by atoms with Crippen molar-refractivity contribution in [1.29, 1.82) is 0 Å². The van der Waals surface area contributed by atoms with Crippen molar-refractivity contribution >= 4 is 92.9 Å². The summed E-state index contributed by atoms with van der Waals surface area (Å²) in [4.78, 5) is 4.62. The molecule has 8 rings (SSSR count). The van der Waals surface area contributed by atoms with E-state index in [1.54, 1.807) is 59.6 Å². The zero-order valence-corrected chi connectivity index (χ0v) is 44.2. The highest BCUT2D eigenvalue weighted by Gasteiger charge is 2.18. The lowest BCUT2D eigenvalue weighted by Gasteiger charge is -2.13. The van der Waals surface area contributed by atoms with E-state index in [1.807, 2.05) is 22.9 Å². The number of aryl methyl sites for hydroxylation is 2. The van der Waals surface area contributed by atoms with Gasteiger partial charge < -0.3 is 9.47 Å². The summed E-state index contributed by atoms with van der Waals surface area (Å²) < 4.78 is 11.6. The first-order chi connectivity index (χ1) is 29.6. The standard InChI is InChI=1S/C30H32OS2Si2.C24H16OS2.3CH4.H3P/c1-21-17-24-19-27(30-23(10-14-33-30)12-16-35(6,7)8)28(31-2)20-25(24)18-26(21)29-22(9-13-32-29)11-15-34(3,4)5;1-5-16-7-9-26-23(16)20-12-19-14-22(25-4)21(13-18(19)11-15(20)3)24-17(6-2)8-10-27-24;;;;/h9-10,13-14,17-20H,1-8H3;1-2,7-14H,3-4H3;3*1H4;1H3. The van der Waals surface area contributed by atoms with Crippen LogP contribution in [-0.2, 0) is 0 Å². The van der Waals surface area contributed by atoms with Gasteiger partial charge in [-0.2, -0.15) is 9.90 Å². The van der Waals surface area contributed by atoms with Gasteiger partial charge in [0.15, 0.2) is 0 Å². The Labute approximate surface area is 417 Å². The molecule has 0 aliphatic carbocycles. The fourth-order valence-corrected chi connectivity index (χ4v) is 11.7. The molecule has 8 aromatic rings. The van der Waals surface area contributed by atoms with Crippen molar-refractivity contribution in [1.82, 2.24) is 0 Å². The monoisotopic (exact) mass is 994 g/mol. The third-order valence-electron chi connectivity index (χ3n) is 10.1. The second-order valence-corrected chi connectivity index (χ2v) is 30.2. The van der Waals surface area contributed by atoms with Crippen LogP contribution in [0.15, 0.2) is 94.3 Å². The van der Waals surface area contributed by atoms with Gasteiger partial charge in [0, 0.05) is 33.4 Å². The van der Waals surface area contributed by atoms with Crippen LogP contribution in [0.1, 0.15) is 55.7 Å². The number of benzene rings is 4. The summed E-state index contributed by atoms with van der Waals surface area (Å²) in [6.45, 7) is 18.0. The number of fused-ring (bicyclic) bond motifs is 2. The zero-order chi connectivity index (χ0) is 44.3. The first kappa shape index (κ1) is 55.2. The number of terminal acetylenes is 2. The van der Waals surface area contributed by atoms with Crippen LogP contribution in [0, 0.1) is 61.5 Å². The van der Waals surface area contributed by atoms with Crippen molar-refractivity contribution in [3.63, 3.8) is 0 Å². The molecule has 0 aliphatic heterocycles. The molecule has 0 bridgehead atoms. The van der Waals surface area contributed by atoms with E-state index in [9.17, 15) is 0 Å². The van der Waals surface area contributed by atoms with Crippen LogP contribution in [0.5, 0.6) is 11.5 Å². The van der Waals surface area contributed by atoms with E-state index in [1.165, 1.54) is 42.8 Å². The molecular weight excluding hydrogens is 932 g/mol. The molecule has 0 aliphatic rings. The van der Waals surface area contributed by atoms with Gasteiger partial charge in [0.25, 0.3) is 0 Å². The zero-order valence-electron chi connectivity index (χ0n) is 37.5. The highest BCUT2D eigenvalue weighted by atomic mass is 32.1.